The lowest BCUT2D eigenvalue weighted by Crippen LogP contribution is -2.52. The molecule has 2 aliphatic heterocycles. The van der Waals surface area contributed by atoms with Crippen LogP contribution in [0.1, 0.15) is 85.5 Å². The molecule has 1 spiro atoms. The molecular formula is C29H45NO4. The third-order valence-electron chi connectivity index (χ3n) is 11.8. The molecule has 0 amide bonds. The number of ether oxygens (including phenoxy) is 3. The zero-order valence-electron chi connectivity index (χ0n) is 21.7. The van der Waals surface area contributed by atoms with Crippen LogP contribution in [0.15, 0.2) is 11.6 Å². The first-order chi connectivity index (χ1) is 16.2. The molecule has 6 aliphatic rings. The summed E-state index contributed by atoms with van der Waals surface area (Å²) in [6.07, 6.45) is 13.2. The van der Waals surface area contributed by atoms with Crippen LogP contribution in [0.4, 0.5) is 0 Å². The number of nitrogens with two attached hydrogens (primary N) is 1. The minimum absolute atomic E-state index is 0.00951. The fourth-order valence-electron chi connectivity index (χ4n) is 9.98. The molecule has 11 atom stereocenters. The average Bonchev–Trinajstić information content (AvgIpc) is 3.26. The normalized spacial score (nSPS) is 54.0. The van der Waals surface area contributed by atoms with Crippen LogP contribution in [-0.2, 0) is 19.0 Å². The number of fused-ring (bicyclic) bond motifs is 7. The molecule has 5 heteroatoms. The summed E-state index contributed by atoms with van der Waals surface area (Å²) < 4.78 is 19.0. The van der Waals surface area contributed by atoms with Crippen LogP contribution in [0.3, 0.4) is 0 Å². The molecule has 5 nitrogen and oxygen atoms in total. The van der Waals surface area contributed by atoms with Crippen LogP contribution in [-0.4, -0.2) is 37.1 Å². The van der Waals surface area contributed by atoms with E-state index in [0.717, 1.165) is 50.0 Å². The Balaban J connectivity index is 1.22. The lowest BCUT2D eigenvalue weighted by atomic mass is 9.47. The second-order valence-electron chi connectivity index (χ2n) is 13.3. The number of carbonyl (C=O) groups excluding carboxylic acids is 1. The van der Waals surface area contributed by atoms with Gasteiger partial charge < -0.3 is 19.9 Å². The Morgan fingerprint density at radius 3 is 2.71 bits per heavy atom. The average molecular weight is 472 g/mol. The SMILES string of the molecule is C[C@@H]1CC[C@@]2(OC1)O[C@H]1C[C@H]3[C@@H]4CC=C5C[C@@H](OC(=O)CN)CC[C@]5(C)[C@H]4CC[C@]3(C)C1[C@@H]2C. The van der Waals surface area contributed by atoms with Crippen LogP contribution in [0.5, 0.6) is 0 Å². The summed E-state index contributed by atoms with van der Waals surface area (Å²) in [4.78, 5) is 11.8. The van der Waals surface area contributed by atoms with Gasteiger partial charge in [0, 0.05) is 18.8 Å². The summed E-state index contributed by atoms with van der Waals surface area (Å²) in [5.41, 5.74) is 7.65. The molecule has 4 aliphatic carbocycles. The largest absolute Gasteiger partial charge is 0.461 e. The molecular weight excluding hydrogens is 426 g/mol. The Kier molecular flexibility index (Phi) is 5.56. The van der Waals surface area contributed by atoms with Gasteiger partial charge in [-0.25, -0.2) is 0 Å². The molecule has 0 aromatic carbocycles. The van der Waals surface area contributed by atoms with Gasteiger partial charge in [-0.3, -0.25) is 4.79 Å². The molecule has 3 saturated carbocycles. The van der Waals surface area contributed by atoms with Gasteiger partial charge in [0.25, 0.3) is 0 Å². The number of esters is 1. The first-order valence-corrected chi connectivity index (χ1v) is 14.1. The van der Waals surface area contributed by atoms with E-state index in [-0.39, 0.29) is 29.8 Å². The Morgan fingerprint density at radius 1 is 1.15 bits per heavy atom. The van der Waals surface area contributed by atoms with Crippen LogP contribution >= 0.6 is 0 Å². The van der Waals surface area contributed by atoms with Crippen LogP contribution in [0, 0.1) is 46.3 Å². The van der Waals surface area contributed by atoms with Gasteiger partial charge in [-0.2, -0.15) is 0 Å². The summed E-state index contributed by atoms with van der Waals surface area (Å²) in [5.74, 6) is 3.40. The molecule has 5 fully saturated rings. The number of hydrogen-bond acceptors (Lipinski definition) is 5. The highest BCUT2D eigenvalue weighted by molar-refractivity contribution is 5.71. The molecule has 2 heterocycles. The van der Waals surface area contributed by atoms with Crippen molar-refractivity contribution in [1.29, 1.82) is 0 Å². The standard InChI is InChI=1S/C29H45NO4/c1-17-7-12-29(32-16-17)18(2)26-24(34-29)14-23-21-6-5-19-13-20(33-25(31)15-30)8-10-27(19,3)22(21)9-11-28(23,26)4/h5,17-18,20-24,26H,6-16,30H2,1-4H3/t17-,18+,20+,21-,22+,23+,24+,26?,27+,28+,29-/m1/s1. The smallest absolute Gasteiger partial charge is 0.319 e. The molecule has 2 saturated heterocycles. The maximum absolute atomic E-state index is 11.8. The van der Waals surface area contributed by atoms with Gasteiger partial charge in [-0.1, -0.05) is 39.3 Å². The minimum atomic E-state index is -0.322. The molecule has 2 N–H and O–H groups in total. The van der Waals surface area contributed by atoms with Crippen molar-refractivity contribution in [3.63, 3.8) is 0 Å². The molecule has 0 bridgehead atoms. The predicted octanol–water partition coefficient (Wildman–Crippen LogP) is 5.22. The van der Waals surface area contributed by atoms with Crippen molar-refractivity contribution in [3.05, 3.63) is 11.6 Å². The summed E-state index contributed by atoms with van der Waals surface area (Å²) in [5, 5.41) is 0. The van der Waals surface area contributed by atoms with Crippen molar-refractivity contribution in [2.75, 3.05) is 13.2 Å². The van der Waals surface area contributed by atoms with Crippen molar-refractivity contribution in [2.45, 2.75) is 103 Å². The molecule has 1 unspecified atom stereocenters. The highest BCUT2D eigenvalue weighted by Crippen LogP contribution is 2.70. The summed E-state index contributed by atoms with van der Waals surface area (Å²) in [7, 11) is 0. The predicted molar refractivity (Wildman–Crippen MR) is 131 cm³/mol. The number of rotatable bonds is 2. The van der Waals surface area contributed by atoms with Crippen LogP contribution in [0.2, 0.25) is 0 Å². The molecule has 34 heavy (non-hydrogen) atoms. The summed E-state index contributed by atoms with van der Waals surface area (Å²) >= 11 is 0. The first-order valence-electron chi connectivity index (χ1n) is 14.1. The van der Waals surface area contributed by atoms with E-state index >= 15 is 0 Å². The zero-order valence-corrected chi connectivity index (χ0v) is 21.7. The maximum atomic E-state index is 11.8. The molecule has 0 aromatic rings. The van der Waals surface area contributed by atoms with Gasteiger partial charge in [0.15, 0.2) is 5.79 Å². The van der Waals surface area contributed by atoms with E-state index in [1.54, 1.807) is 5.57 Å². The first kappa shape index (κ1) is 23.5. The van der Waals surface area contributed by atoms with E-state index in [2.05, 4.69) is 33.8 Å². The zero-order chi connectivity index (χ0) is 23.9. The van der Waals surface area contributed by atoms with Crippen LogP contribution < -0.4 is 5.73 Å². The van der Waals surface area contributed by atoms with Gasteiger partial charge in [-0.05, 0) is 85.4 Å². The maximum Gasteiger partial charge on any atom is 0.319 e. The monoisotopic (exact) mass is 471 g/mol. The highest BCUT2D eigenvalue weighted by Gasteiger charge is 2.68. The molecule has 0 radical (unpaired) electrons. The van der Waals surface area contributed by atoms with Gasteiger partial charge in [-0.15, -0.1) is 0 Å². The second-order valence-corrected chi connectivity index (χ2v) is 13.3. The van der Waals surface area contributed by atoms with E-state index in [4.69, 9.17) is 19.9 Å². The Bertz CT molecular complexity index is 862. The van der Waals surface area contributed by atoms with Gasteiger partial charge in [0.2, 0.25) is 0 Å². The van der Waals surface area contributed by atoms with E-state index in [9.17, 15) is 4.79 Å². The van der Waals surface area contributed by atoms with E-state index < -0.39 is 0 Å². The second kappa shape index (κ2) is 8.05. The highest BCUT2D eigenvalue weighted by atomic mass is 16.7. The number of allylic oxidation sites excluding steroid dienone is 1. The molecule has 6 rings (SSSR count). The van der Waals surface area contributed by atoms with Gasteiger partial charge >= 0.3 is 5.97 Å². The lowest BCUT2D eigenvalue weighted by Gasteiger charge is -2.58. The summed E-state index contributed by atoms with van der Waals surface area (Å²) in [6, 6.07) is 0. The number of carbonyl (C=O) groups is 1. The Hall–Kier alpha value is -0.910. The van der Waals surface area contributed by atoms with E-state index in [1.165, 1.54) is 32.1 Å². The third kappa shape index (κ3) is 3.25. The quantitative estimate of drug-likeness (QED) is 0.441. The van der Waals surface area contributed by atoms with Crippen LogP contribution in [0.25, 0.3) is 0 Å². The van der Waals surface area contributed by atoms with Gasteiger partial charge in [0.1, 0.15) is 6.10 Å². The van der Waals surface area contributed by atoms with E-state index in [0.29, 0.717) is 29.3 Å². The lowest BCUT2D eigenvalue weighted by molar-refractivity contribution is -0.272. The van der Waals surface area contributed by atoms with Crippen molar-refractivity contribution < 1.29 is 19.0 Å². The Morgan fingerprint density at radius 2 is 1.97 bits per heavy atom. The van der Waals surface area contributed by atoms with Gasteiger partial charge in [0.05, 0.1) is 19.3 Å². The van der Waals surface area contributed by atoms with E-state index in [1.807, 2.05) is 0 Å². The third-order valence-corrected chi connectivity index (χ3v) is 11.8. The van der Waals surface area contributed by atoms with Crippen molar-refractivity contribution in [1.82, 2.24) is 0 Å². The van der Waals surface area contributed by atoms with Crippen molar-refractivity contribution in [3.8, 4) is 0 Å². The fraction of sp³-hybridized carbons (Fsp3) is 0.897. The van der Waals surface area contributed by atoms with Crippen molar-refractivity contribution >= 4 is 5.97 Å². The van der Waals surface area contributed by atoms with Crippen molar-refractivity contribution in [2.24, 2.45) is 52.1 Å². The topological polar surface area (TPSA) is 70.8 Å². The fourth-order valence-corrected chi connectivity index (χ4v) is 9.98. The minimum Gasteiger partial charge on any atom is -0.461 e. The molecule has 0 aromatic heterocycles. The summed E-state index contributed by atoms with van der Waals surface area (Å²) in [6.45, 7) is 10.7. The Labute approximate surface area is 205 Å². The number of hydrogen-bond donors (Lipinski definition) is 1. The molecule has 190 valence electrons.